The fourth-order valence-electron chi connectivity index (χ4n) is 2.80. The number of nitro benzene ring substituents is 1. The zero-order valence-corrected chi connectivity index (χ0v) is 14.7. The molecule has 0 saturated carbocycles. The van der Waals surface area contributed by atoms with Gasteiger partial charge in [-0.3, -0.25) is 10.1 Å². The lowest BCUT2D eigenvalue weighted by Crippen LogP contribution is -2.39. The van der Waals surface area contributed by atoms with Crippen molar-refractivity contribution >= 4 is 34.0 Å². The molecule has 1 aromatic carbocycles. The molecule has 1 unspecified atom stereocenters. The van der Waals surface area contributed by atoms with Crippen LogP contribution in [0.5, 0.6) is 0 Å². The third kappa shape index (κ3) is 4.54. The Kier molecular flexibility index (Phi) is 5.80. The van der Waals surface area contributed by atoms with E-state index in [-0.39, 0.29) is 10.6 Å². The number of nitrogens with zero attached hydrogens (tertiary/aromatic N) is 2. The summed E-state index contributed by atoms with van der Waals surface area (Å²) in [7, 11) is 0. The van der Waals surface area contributed by atoms with Crippen LogP contribution in [0.4, 0.5) is 11.4 Å². The monoisotopic (exact) mass is 403 g/mol. The first-order valence-corrected chi connectivity index (χ1v) is 8.47. The lowest BCUT2D eigenvalue weighted by atomic mass is 10.1. The van der Waals surface area contributed by atoms with Crippen LogP contribution in [0.3, 0.4) is 0 Å². The molecule has 1 aliphatic heterocycles. The predicted octanol–water partition coefficient (Wildman–Crippen LogP) is 3.41. The maximum absolute atomic E-state index is 11.4. The number of nitrogens with one attached hydrogen (secondary N) is 1. The van der Waals surface area contributed by atoms with E-state index in [1.54, 1.807) is 6.07 Å². The van der Waals surface area contributed by atoms with Crippen LogP contribution in [-0.4, -0.2) is 30.6 Å². The maximum Gasteiger partial charge on any atom is 0.293 e. The fourth-order valence-corrected chi connectivity index (χ4v) is 3.28. The van der Waals surface area contributed by atoms with Gasteiger partial charge in [0.05, 0.1) is 4.92 Å². The molecule has 21 heavy (non-hydrogen) atoms. The van der Waals surface area contributed by atoms with Gasteiger partial charge in [-0.1, -0.05) is 13.8 Å². The Morgan fingerprint density at radius 2 is 2.29 bits per heavy atom. The highest BCUT2D eigenvalue weighted by Crippen LogP contribution is 2.31. The van der Waals surface area contributed by atoms with Gasteiger partial charge in [-0.15, -0.1) is 0 Å². The average Bonchev–Trinajstić information content (AvgIpc) is 2.90. The zero-order valence-electron chi connectivity index (χ0n) is 12.5. The minimum Gasteiger partial charge on any atom is -0.364 e. The molecular weight excluding hydrogens is 381 g/mol. The van der Waals surface area contributed by atoms with E-state index in [1.165, 1.54) is 6.42 Å². The minimum atomic E-state index is -0.271. The number of benzene rings is 1. The van der Waals surface area contributed by atoms with Gasteiger partial charge < -0.3 is 10.2 Å². The molecule has 0 aliphatic carbocycles. The highest BCUT2D eigenvalue weighted by molar-refractivity contribution is 14.1. The van der Waals surface area contributed by atoms with Crippen molar-refractivity contribution in [3.63, 3.8) is 0 Å². The van der Waals surface area contributed by atoms with Gasteiger partial charge in [-0.25, -0.2) is 0 Å². The molecule has 0 spiro atoms. The van der Waals surface area contributed by atoms with E-state index in [0.29, 0.717) is 12.0 Å². The fraction of sp³-hybridized carbons (Fsp3) is 0.600. The van der Waals surface area contributed by atoms with Crippen LogP contribution in [0.15, 0.2) is 18.2 Å². The Morgan fingerprint density at radius 3 is 2.86 bits per heavy atom. The van der Waals surface area contributed by atoms with Crippen molar-refractivity contribution in [2.45, 2.75) is 32.7 Å². The summed E-state index contributed by atoms with van der Waals surface area (Å²) in [6.07, 6.45) is 2.34. The topological polar surface area (TPSA) is 58.4 Å². The molecule has 1 fully saturated rings. The first kappa shape index (κ1) is 16.5. The molecule has 1 saturated heterocycles. The Balaban J connectivity index is 2.28. The lowest BCUT2D eigenvalue weighted by molar-refractivity contribution is -0.384. The molecule has 116 valence electrons. The number of anilines is 1. The van der Waals surface area contributed by atoms with Gasteiger partial charge in [-0.2, -0.15) is 0 Å². The van der Waals surface area contributed by atoms with E-state index >= 15 is 0 Å². The smallest absolute Gasteiger partial charge is 0.293 e. The number of nitro groups is 1. The van der Waals surface area contributed by atoms with Crippen LogP contribution in [0.2, 0.25) is 0 Å². The Hall–Kier alpha value is -0.890. The Morgan fingerprint density at radius 1 is 1.52 bits per heavy atom. The van der Waals surface area contributed by atoms with Gasteiger partial charge in [0.25, 0.3) is 5.69 Å². The van der Waals surface area contributed by atoms with Crippen molar-refractivity contribution in [3.8, 4) is 0 Å². The molecule has 6 heteroatoms. The van der Waals surface area contributed by atoms with Gasteiger partial charge in [-0.05, 0) is 60.0 Å². The highest BCUT2D eigenvalue weighted by atomic mass is 127. The normalized spacial score (nSPS) is 18.2. The van der Waals surface area contributed by atoms with Crippen LogP contribution in [0.25, 0.3) is 0 Å². The molecule has 1 aliphatic rings. The molecule has 1 heterocycles. The summed E-state index contributed by atoms with van der Waals surface area (Å²) in [6.45, 7) is 7.01. The number of halogens is 1. The first-order valence-electron chi connectivity index (χ1n) is 7.39. The van der Waals surface area contributed by atoms with E-state index in [1.807, 2.05) is 12.1 Å². The summed E-state index contributed by atoms with van der Waals surface area (Å²) in [4.78, 5) is 13.3. The lowest BCUT2D eigenvalue weighted by Gasteiger charge is -2.29. The van der Waals surface area contributed by atoms with Crippen LogP contribution in [0, 0.1) is 19.6 Å². The van der Waals surface area contributed by atoms with Crippen LogP contribution >= 0.6 is 22.6 Å². The minimum absolute atomic E-state index is 0.209. The van der Waals surface area contributed by atoms with Crippen molar-refractivity contribution in [2.24, 2.45) is 5.92 Å². The van der Waals surface area contributed by atoms with Crippen LogP contribution < -0.4 is 10.2 Å². The third-order valence-electron chi connectivity index (χ3n) is 3.66. The molecule has 0 amide bonds. The van der Waals surface area contributed by atoms with E-state index in [2.05, 4.69) is 46.7 Å². The molecule has 0 aromatic heterocycles. The highest BCUT2D eigenvalue weighted by Gasteiger charge is 2.24. The van der Waals surface area contributed by atoms with Crippen molar-refractivity contribution in [2.75, 3.05) is 24.5 Å². The van der Waals surface area contributed by atoms with Crippen LogP contribution in [-0.2, 0) is 0 Å². The van der Waals surface area contributed by atoms with Gasteiger partial charge in [0.15, 0.2) is 0 Å². The SMILES string of the molecule is CC(C)CN(CC1CCCN1)c1ccc(I)cc1[N+](=O)[O-]. The van der Waals surface area contributed by atoms with Crippen molar-refractivity contribution in [3.05, 3.63) is 31.9 Å². The van der Waals surface area contributed by atoms with Crippen molar-refractivity contribution < 1.29 is 4.92 Å². The summed E-state index contributed by atoms with van der Waals surface area (Å²) in [6, 6.07) is 5.92. The summed E-state index contributed by atoms with van der Waals surface area (Å²) in [5.41, 5.74) is 0.948. The first-order chi connectivity index (χ1) is 9.97. The number of hydrogen-bond acceptors (Lipinski definition) is 4. The number of rotatable bonds is 6. The van der Waals surface area contributed by atoms with Gasteiger partial charge in [0.1, 0.15) is 5.69 Å². The summed E-state index contributed by atoms with van der Waals surface area (Å²) in [5.74, 6) is 0.463. The predicted molar refractivity (Wildman–Crippen MR) is 93.9 cm³/mol. The standard InChI is InChI=1S/C15H22IN3O2/c1-11(2)9-18(10-13-4-3-7-17-13)14-6-5-12(16)8-15(14)19(20)21/h5-6,8,11,13,17H,3-4,7,9-10H2,1-2H3. The van der Waals surface area contributed by atoms with Gasteiger partial charge in [0.2, 0.25) is 0 Å². The Labute approximate surface area is 139 Å². The molecule has 5 nitrogen and oxygen atoms in total. The second-order valence-corrected chi connectivity index (χ2v) is 7.23. The second kappa shape index (κ2) is 7.40. The van der Waals surface area contributed by atoms with E-state index < -0.39 is 0 Å². The van der Waals surface area contributed by atoms with Gasteiger partial charge >= 0.3 is 0 Å². The molecular formula is C15H22IN3O2. The maximum atomic E-state index is 11.4. The average molecular weight is 403 g/mol. The van der Waals surface area contributed by atoms with Crippen LogP contribution in [0.1, 0.15) is 26.7 Å². The number of hydrogen-bond donors (Lipinski definition) is 1. The summed E-state index contributed by atoms with van der Waals surface area (Å²) in [5, 5.41) is 14.8. The summed E-state index contributed by atoms with van der Waals surface area (Å²) >= 11 is 2.12. The van der Waals surface area contributed by atoms with Gasteiger partial charge in [0, 0.05) is 28.8 Å². The molecule has 0 bridgehead atoms. The van der Waals surface area contributed by atoms with Crippen molar-refractivity contribution in [1.29, 1.82) is 0 Å². The molecule has 1 atom stereocenters. The Bertz CT molecular complexity index is 502. The van der Waals surface area contributed by atoms with E-state index in [0.717, 1.165) is 35.3 Å². The van der Waals surface area contributed by atoms with Crippen molar-refractivity contribution in [1.82, 2.24) is 5.32 Å². The molecule has 2 rings (SSSR count). The second-order valence-electron chi connectivity index (χ2n) is 5.98. The quantitative estimate of drug-likeness (QED) is 0.449. The van der Waals surface area contributed by atoms with E-state index in [9.17, 15) is 10.1 Å². The summed E-state index contributed by atoms with van der Waals surface area (Å²) < 4.78 is 0.895. The zero-order chi connectivity index (χ0) is 15.4. The molecule has 1 N–H and O–H groups in total. The largest absolute Gasteiger partial charge is 0.364 e. The molecule has 1 aromatic rings. The molecule has 0 radical (unpaired) electrons. The van der Waals surface area contributed by atoms with E-state index in [4.69, 9.17) is 0 Å². The third-order valence-corrected chi connectivity index (χ3v) is 4.33.